The van der Waals surface area contributed by atoms with Crippen LogP contribution in [-0.2, 0) is 11.3 Å². The molecular weight excluding hydrogens is 442 g/mol. The average molecular weight is 478 g/mol. The number of aryl methyl sites for hydroxylation is 1. The van der Waals surface area contributed by atoms with Gasteiger partial charge in [-0.05, 0) is 44.9 Å². The summed E-state index contributed by atoms with van der Waals surface area (Å²) in [4.78, 5) is 42.8. The summed E-state index contributed by atoms with van der Waals surface area (Å²) < 4.78 is 0. The summed E-state index contributed by atoms with van der Waals surface area (Å²) >= 11 is 0. The second kappa shape index (κ2) is 9.36. The maximum atomic E-state index is 13.2. The lowest BCUT2D eigenvalue weighted by atomic mass is 10.2. The van der Waals surface area contributed by atoms with Gasteiger partial charge < -0.3 is 24.9 Å². The summed E-state index contributed by atoms with van der Waals surface area (Å²) in [5, 5.41) is 3.68. The van der Waals surface area contributed by atoms with Crippen LogP contribution in [0, 0.1) is 6.92 Å². The summed E-state index contributed by atoms with van der Waals surface area (Å²) in [6.07, 6.45) is 1.00. The number of aromatic nitrogens is 2. The van der Waals surface area contributed by atoms with E-state index < -0.39 is 0 Å². The number of carbonyl (C=O) groups excluding carboxylic acids is 2. The van der Waals surface area contributed by atoms with Crippen LogP contribution in [0.5, 0.6) is 0 Å². The third-order valence-corrected chi connectivity index (χ3v) is 7.31. The molecule has 2 saturated heterocycles. The molecule has 1 atom stereocenters. The molecule has 0 spiro atoms. The monoisotopic (exact) mass is 477 g/mol. The third kappa shape index (κ3) is 4.63. The number of nitrogens with one attached hydrogen (secondary N) is 1. The van der Waals surface area contributed by atoms with Crippen LogP contribution < -0.4 is 15.1 Å². The fourth-order valence-electron chi connectivity index (χ4n) is 5.21. The standard InChI is InChI=1S/C26H35N7O2/c1-17(2)33-16-22-23(25(33)35)28-26(31-12-10-30(11-13-31)19(4)34)29-24(22)27-20-8-9-32(15-20)21-7-5-6-18(3)14-21/h5-7,14,17,20H,8-13,15-16H2,1-4H3,(H,27,28,29). The molecule has 2 aromatic rings. The van der Waals surface area contributed by atoms with Gasteiger partial charge in [0.1, 0.15) is 11.5 Å². The van der Waals surface area contributed by atoms with E-state index in [0.29, 0.717) is 44.4 Å². The van der Waals surface area contributed by atoms with Gasteiger partial charge in [-0.25, -0.2) is 4.98 Å². The SMILES string of the molecule is CC(=O)N1CCN(c2nc(NC3CCN(c4cccc(C)c4)C3)c3c(n2)C(=O)N(C(C)C)C3)CC1. The first-order valence-corrected chi connectivity index (χ1v) is 12.6. The number of hydrogen-bond donors (Lipinski definition) is 1. The van der Waals surface area contributed by atoms with Crippen molar-refractivity contribution in [3.05, 3.63) is 41.1 Å². The molecule has 0 radical (unpaired) electrons. The van der Waals surface area contributed by atoms with E-state index in [9.17, 15) is 9.59 Å². The van der Waals surface area contributed by atoms with Crippen molar-refractivity contribution in [2.45, 2.75) is 52.7 Å². The minimum atomic E-state index is -0.0307. The Morgan fingerprint density at radius 1 is 1.09 bits per heavy atom. The maximum absolute atomic E-state index is 13.2. The zero-order valence-corrected chi connectivity index (χ0v) is 21.1. The third-order valence-electron chi connectivity index (χ3n) is 7.31. The van der Waals surface area contributed by atoms with E-state index in [1.807, 2.05) is 23.6 Å². The van der Waals surface area contributed by atoms with Gasteiger partial charge >= 0.3 is 0 Å². The molecule has 2 fully saturated rings. The largest absolute Gasteiger partial charge is 0.369 e. The summed E-state index contributed by atoms with van der Waals surface area (Å²) in [6, 6.07) is 8.94. The highest BCUT2D eigenvalue weighted by atomic mass is 16.2. The van der Waals surface area contributed by atoms with Gasteiger partial charge in [0.15, 0.2) is 0 Å². The lowest BCUT2D eigenvalue weighted by molar-refractivity contribution is -0.129. The van der Waals surface area contributed by atoms with Gasteiger partial charge in [0, 0.05) is 69.5 Å². The molecule has 1 unspecified atom stereocenters. The molecule has 9 heteroatoms. The quantitative estimate of drug-likeness (QED) is 0.708. The predicted molar refractivity (Wildman–Crippen MR) is 137 cm³/mol. The molecule has 186 valence electrons. The average Bonchev–Trinajstić information content (AvgIpc) is 3.44. The minimum absolute atomic E-state index is 0.0307. The van der Waals surface area contributed by atoms with E-state index >= 15 is 0 Å². The number of benzene rings is 1. The van der Waals surface area contributed by atoms with Crippen LogP contribution in [0.2, 0.25) is 0 Å². The summed E-state index contributed by atoms with van der Waals surface area (Å²) in [5.74, 6) is 1.40. The Morgan fingerprint density at radius 2 is 1.86 bits per heavy atom. The Labute approximate surface area is 207 Å². The van der Waals surface area contributed by atoms with Gasteiger partial charge in [0.25, 0.3) is 5.91 Å². The number of carbonyl (C=O) groups is 2. The van der Waals surface area contributed by atoms with Gasteiger partial charge in [-0.2, -0.15) is 4.98 Å². The minimum Gasteiger partial charge on any atom is -0.369 e. The van der Waals surface area contributed by atoms with Crippen LogP contribution >= 0.6 is 0 Å². The molecule has 35 heavy (non-hydrogen) atoms. The molecular formula is C26H35N7O2. The van der Waals surface area contributed by atoms with Gasteiger partial charge in [0.05, 0.1) is 6.54 Å². The summed E-state index contributed by atoms with van der Waals surface area (Å²) in [6.45, 7) is 12.8. The molecule has 0 aliphatic carbocycles. The molecule has 5 rings (SSSR count). The van der Waals surface area contributed by atoms with Crippen LogP contribution in [0.4, 0.5) is 17.5 Å². The molecule has 9 nitrogen and oxygen atoms in total. The Balaban J connectivity index is 1.39. The van der Waals surface area contributed by atoms with E-state index in [-0.39, 0.29) is 23.9 Å². The van der Waals surface area contributed by atoms with Crippen molar-refractivity contribution in [1.29, 1.82) is 0 Å². The first-order chi connectivity index (χ1) is 16.8. The molecule has 1 aromatic carbocycles. The fourth-order valence-corrected chi connectivity index (χ4v) is 5.21. The number of amides is 2. The smallest absolute Gasteiger partial charge is 0.273 e. The molecule has 1 aromatic heterocycles. The van der Waals surface area contributed by atoms with Crippen LogP contribution in [-0.4, -0.2) is 82.9 Å². The van der Waals surface area contributed by atoms with Crippen molar-refractivity contribution < 1.29 is 9.59 Å². The number of fused-ring (bicyclic) bond motifs is 1. The molecule has 3 aliphatic rings. The topological polar surface area (TPSA) is 84.9 Å². The number of piperazine rings is 1. The second-order valence-electron chi connectivity index (χ2n) is 10.1. The Kier molecular flexibility index (Phi) is 6.25. The zero-order chi connectivity index (χ0) is 24.7. The molecule has 4 heterocycles. The van der Waals surface area contributed by atoms with Gasteiger partial charge in [-0.15, -0.1) is 0 Å². The van der Waals surface area contributed by atoms with E-state index in [0.717, 1.165) is 30.9 Å². The number of hydrogen-bond acceptors (Lipinski definition) is 7. The highest BCUT2D eigenvalue weighted by Crippen LogP contribution is 2.32. The van der Waals surface area contributed by atoms with Gasteiger partial charge in [-0.1, -0.05) is 12.1 Å². The summed E-state index contributed by atoms with van der Waals surface area (Å²) in [7, 11) is 0. The van der Waals surface area contributed by atoms with Crippen molar-refractivity contribution in [2.75, 3.05) is 54.4 Å². The zero-order valence-electron chi connectivity index (χ0n) is 21.1. The van der Waals surface area contributed by atoms with E-state index in [4.69, 9.17) is 9.97 Å². The maximum Gasteiger partial charge on any atom is 0.273 e. The van der Waals surface area contributed by atoms with Crippen LogP contribution in [0.1, 0.15) is 48.8 Å². The van der Waals surface area contributed by atoms with Crippen molar-refractivity contribution in [1.82, 2.24) is 19.8 Å². The summed E-state index contributed by atoms with van der Waals surface area (Å²) in [5.41, 5.74) is 3.90. The van der Waals surface area contributed by atoms with Crippen LogP contribution in [0.25, 0.3) is 0 Å². The number of rotatable bonds is 5. The lowest BCUT2D eigenvalue weighted by Crippen LogP contribution is -2.48. The van der Waals surface area contributed by atoms with Crippen molar-refractivity contribution in [3.63, 3.8) is 0 Å². The molecule has 0 saturated carbocycles. The van der Waals surface area contributed by atoms with Crippen LogP contribution in [0.15, 0.2) is 24.3 Å². The fraction of sp³-hybridized carbons (Fsp3) is 0.538. The predicted octanol–water partition coefficient (Wildman–Crippen LogP) is 2.51. The van der Waals surface area contributed by atoms with Crippen molar-refractivity contribution in [2.24, 2.45) is 0 Å². The number of nitrogens with zero attached hydrogens (tertiary/aromatic N) is 6. The molecule has 3 aliphatic heterocycles. The second-order valence-corrected chi connectivity index (χ2v) is 10.1. The van der Waals surface area contributed by atoms with Crippen molar-refractivity contribution >= 4 is 29.3 Å². The van der Waals surface area contributed by atoms with E-state index in [2.05, 4.69) is 46.3 Å². The molecule has 1 N–H and O–H groups in total. The first kappa shape index (κ1) is 23.4. The number of anilines is 3. The van der Waals surface area contributed by atoms with Gasteiger partial charge in [-0.3, -0.25) is 9.59 Å². The lowest BCUT2D eigenvalue weighted by Gasteiger charge is -2.34. The molecule has 0 bridgehead atoms. The Bertz CT molecular complexity index is 1130. The molecule has 2 amide bonds. The van der Waals surface area contributed by atoms with Crippen LogP contribution in [0.3, 0.4) is 0 Å². The van der Waals surface area contributed by atoms with E-state index in [1.165, 1.54) is 11.3 Å². The first-order valence-electron chi connectivity index (χ1n) is 12.6. The van der Waals surface area contributed by atoms with E-state index in [1.54, 1.807) is 6.92 Å². The normalized spacial score (nSPS) is 20.1. The Hall–Kier alpha value is -3.36. The highest BCUT2D eigenvalue weighted by molar-refractivity contribution is 5.98. The van der Waals surface area contributed by atoms with Gasteiger partial charge in [0.2, 0.25) is 11.9 Å². The van der Waals surface area contributed by atoms with Crippen molar-refractivity contribution in [3.8, 4) is 0 Å². The Morgan fingerprint density at radius 3 is 2.54 bits per heavy atom. The highest BCUT2D eigenvalue weighted by Gasteiger charge is 2.36.